The van der Waals surface area contributed by atoms with E-state index in [0.29, 0.717) is 11.5 Å². The first kappa shape index (κ1) is 14.8. The second-order valence-electron chi connectivity index (χ2n) is 5.73. The van der Waals surface area contributed by atoms with Crippen molar-refractivity contribution >= 4 is 11.6 Å². The molecule has 1 fully saturated rings. The molecule has 20 heavy (non-hydrogen) atoms. The molecule has 0 bridgehead atoms. The Balaban J connectivity index is 1.96. The zero-order valence-corrected chi connectivity index (χ0v) is 12.1. The molecule has 0 saturated carbocycles. The zero-order chi connectivity index (χ0) is 14.7. The van der Waals surface area contributed by atoms with Crippen LogP contribution in [0.15, 0.2) is 18.2 Å². The number of anilines is 1. The van der Waals surface area contributed by atoms with Crippen LogP contribution in [0.3, 0.4) is 0 Å². The van der Waals surface area contributed by atoms with Crippen LogP contribution in [-0.4, -0.2) is 49.4 Å². The Hall–Kier alpha value is -1.62. The summed E-state index contributed by atoms with van der Waals surface area (Å²) >= 11 is 0. The average molecular weight is 279 g/mol. The van der Waals surface area contributed by atoms with Gasteiger partial charge >= 0.3 is 0 Å². The molecular weight excluding hydrogens is 257 g/mol. The third-order valence-electron chi connectivity index (χ3n) is 3.77. The number of hydrogen-bond donors (Lipinski definition) is 1. The van der Waals surface area contributed by atoms with Crippen molar-refractivity contribution in [2.24, 2.45) is 5.92 Å². The molecule has 1 aliphatic rings. The van der Waals surface area contributed by atoms with E-state index in [-0.39, 0.29) is 11.6 Å². The predicted octanol–water partition coefficient (Wildman–Crippen LogP) is 1.82. The minimum Gasteiger partial charge on any atom is -0.396 e. The van der Waals surface area contributed by atoms with Crippen molar-refractivity contribution in [3.8, 4) is 0 Å². The van der Waals surface area contributed by atoms with Gasteiger partial charge in [-0.25, -0.2) is 4.39 Å². The monoisotopic (exact) mass is 279 g/mol. The lowest BCUT2D eigenvalue weighted by Gasteiger charge is -2.33. The Labute approximate surface area is 119 Å². The van der Waals surface area contributed by atoms with Gasteiger partial charge in [0.25, 0.3) is 5.91 Å². The summed E-state index contributed by atoms with van der Waals surface area (Å²) in [6.45, 7) is 2.58. The van der Waals surface area contributed by atoms with Crippen molar-refractivity contribution in [2.75, 3.05) is 39.5 Å². The normalized spacial score (nSPS) is 16.7. The molecular formula is C15H22FN3O. The second kappa shape index (κ2) is 6.22. The number of halogens is 1. The number of nitrogens with two attached hydrogens (primary N) is 1. The van der Waals surface area contributed by atoms with Crippen molar-refractivity contribution in [1.29, 1.82) is 0 Å². The van der Waals surface area contributed by atoms with E-state index >= 15 is 0 Å². The topological polar surface area (TPSA) is 49.6 Å². The van der Waals surface area contributed by atoms with Gasteiger partial charge in [-0.05, 0) is 51.1 Å². The number of piperidine rings is 1. The van der Waals surface area contributed by atoms with Gasteiger partial charge in [-0.2, -0.15) is 0 Å². The van der Waals surface area contributed by atoms with E-state index in [2.05, 4.69) is 19.0 Å². The zero-order valence-electron chi connectivity index (χ0n) is 12.1. The number of amides is 1. The quantitative estimate of drug-likeness (QED) is 0.859. The third kappa shape index (κ3) is 3.48. The fourth-order valence-corrected chi connectivity index (χ4v) is 2.69. The van der Waals surface area contributed by atoms with E-state index in [4.69, 9.17) is 5.73 Å². The van der Waals surface area contributed by atoms with E-state index < -0.39 is 5.82 Å². The molecule has 2 rings (SSSR count). The number of nitrogen functional groups attached to an aromatic ring is 1. The molecule has 0 spiro atoms. The minimum absolute atomic E-state index is 0.0262. The highest BCUT2D eigenvalue weighted by Crippen LogP contribution is 2.21. The number of likely N-dealkylation sites (tertiary alicyclic amines) is 1. The highest BCUT2D eigenvalue weighted by molar-refractivity contribution is 5.95. The number of hydrogen-bond acceptors (Lipinski definition) is 3. The summed E-state index contributed by atoms with van der Waals surface area (Å²) in [5, 5.41) is 0. The molecule has 2 N–H and O–H groups in total. The highest BCUT2D eigenvalue weighted by Gasteiger charge is 2.24. The number of nitrogens with zero attached hydrogens (tertiary/aromatic N) is 2. The Kier molecular flexibility index (Phi) is 4.60. The van der Waals surface area contributed by atoms with Gasteiger partial charge in [0.15, 0.2) is 0 Å². The van der Waals surface area contributed by atoms with E-state index in [0.717, 1.165) is 32.5 Å². The van der Waals surface area contributed by atoms with Gasteiger partial charge in [-0.1, -0.05) is 0 Å². The van der Waals surface area contributed by atoms with Gasteiger partial charge in [0.05, 0.1) is 5.69 Å². The average Bonchev–Trinajstić information content (AvgIpc) is 2.41. The molecule has 1 heterocycles. The molecule has 0 radical (unpaired) electrons. The van der Waals surface area contributed by atoms with Crippen molar-refractivity contribution in [2.45, 2.75) is 12.8 Å². The molecule has 1 aromatic rings. The SMILES string of the molecule is CN(C)CC1CCN(C(=O)c2ccc(F)c(N)c2)CC1. The molecule has 1 aliphatic heterocycles. The number of rotatable bonds is 3. The second-order valence-corrected chi connectivity index (χ2v) is 5.73. The Morgan fingerprint density at radius 3 is 2.60 bits per heavy atom. The fourth-order valence-electron chi connectivity index (χ4n) is 2.69. The van der Waals surface area contributed by atoms with Crippen LogP contribution in [-0.2, 0) is 0 Å². The summed E-state index contributed by atoms with van der Waals surface area (Å²) in [7, 11) is 4.14. The minimum atomic E-state index is -0.480. The predicted molar refractivity (Wildman–Crippen MR) is 78.0 cm³/mol. The molecule has 5 heteroatoms. The molecule has 0 atom stereocenters. The van der Waals surface area contributed by atoms with E-state index in [1.54, 1.807) is 0 Å². The molecule has 1 saturated heterocycles. The molecule has 110 valence electrons. The van der Waals surface area contributed by atoms with Gasteiger partial charge in [-0.3, -0.25) is 4.79 Å². The lowest BCUT2D eigenvalue weighted by atomic mass is 9.96. The van der Waals surface area contributed by atoms with Crippen LogP contribution in [0.4, 0.5) is 10.1 Å². The Bertz CT molecular complexity index is 482. The fraction of sp³-hybridized carbons (Fsp3) is 0.533. The standard InChI is InChI=1S/C15H22FN3O/c1-18(2)10-11-5-7-19(8-6-11)15(20)12-3-4-13(16)14(17)9-12/h3-4,9,11H,5-8,10,17H2,1-2H3. The molecule has 0 aliphatic carbocycles. The Morgan fingerprint density at radius 2 is 2.05 bits per heavy atom. The molecule has 0 unspecified atom stereocenters. The van der Waals surface area contributed by atoms with Crippen LogP contribution in [0.2, 0.25) is 0 Å². The van der Waals surface area contributed by atoms with Crippen LogP contribution in [0.1, 0.15) is 23.2 Å². The molecule has 0 aromatic heterocycles. The van der Waals surface area contributed by atoms with Gasteiger partial charge in [0.2, 0.25) is 0 Å². The summed E-state index contributed by atoms with van der Waals surface area (Å²) in [5.74, 6) is 0.110. The van der Waals surface area contributed by atoms with Gasteiger partial charge in [0, 0.05) is 25.2 Å². The largest absolute Gasteiger partial charge is 0.396 e. The van der Waals surface area contributed by atoms with Gasteiger partial charge in [0.1, 0.15) is 5.82 Å². The van der Waals surface area contributed by atoms with E-state index in [1.807, 2.05) is 4.90 Å². The first-order valence-electron chi connectivity index (χ1n) is 6.96. The molecule has 1 aromatic carbocycles. The summed E-state index contributed by atoms with van der Waals surface area (Å²) in [4.78, 5) is 16.3. The van der Waals surface area contributed by atoms with Crippen molar-refractivity contribution in [1.82, 2.24) is 9.80 Å². The van der Waals surface area contributed by atoms with Gasteiger partial charge < -0.3 is 15.5 Å². The summed E-state index contributed by atoms with van der Waals surface area (Å²) in [6.07, 6.45) is 2.03. The van der Waals surface area contributed by atoms with E-state index in [1.165, 1.54) is 18.2 Å². The van der Waals surface area contributed by atoms with Crippen LogP contribution >= 0.6 is 0 Å². The molecule has 1 amide bonds. The maximum atomic E-state index is 13.1. The van der Waals surface area contributed by atoms with Crippen molar-refractivity contribution < 1.29 is 9.18 Å². The van der Waals surface area contributed by atoms with Crippen molar-refractivity contribution in [3.05, 3.63) is 29.6 Å². The molecule has 4 nitrogen and oxygen atoms in total. The maximum Gasteiger partial charge on any atom is 0.253 e. The summed E-state index contributed by atoms with van der Waals surface area (Å²) in [6, 6.07) is 4.17. The van der Waals surface area contributed by atoms with E-state index in [9.17, 15) is 9.18 Å². The van der Waals surface area contributed by atoms with Crippen LogP contribution in [0.5, 0.6) is 0 Å². The smallest absolute Gasteiger partial charge is 0.253 e. The third-order valence-corrected chi connectivity index (χ3v) is 3.77. The maximum absolute atomic E-state index is 13.1. The first-order chi connectivity index (χ1) is 9.47. The lowest BCUT2D eigenvalue weighted by Crippen LogP contribution is -2.40. The lowest BCUT2D eigenvalue weighted by molar-refractivity contribution is 0.0678. The number of benzene rings is 1. The van der Waals surface area contributed by atoms with Crippen LogP contribution in [0.25, 0.3) is 0 Å². The Morgan fingerprint density at radius 1 is 1.40 bits per heavy atom. The summed E-state index contributed by atoms with van der Waals surface area (Å²) in [5.41, 5.74) is 6.01. The first-order valence-corrected chi connectivity index (χ1v) is 6.96. The highest BCUT2D eigenvalue weighted by atomic mass is 19.1. The van der Waals surface area contributed by atoms with Gasteiger partial charge in [-0.15, -0.1) is 0 Å². The number of carbonyl (C=O) groups excluding carboxylic acids is 1. The van der Waals surface area contributed by atoms with Crippen LogP contribution in [0, 0.1) is 11.7 Å². The van der Waals surface area contributed by atoms with Crippen LogP contribution < -0.4 is 5.73 Å². The summed E-state index contributed by atoms with van der Waals surface area (Å²) < 4.78 is 13.1. The van der Waals surface area contributed by atoms with Crippen molar-refractivity contribution in [3.63, 3.8) is 0 Å². The number of carbonyl (C=O) groups is 1.